The number of rotatable bonds is 11. The zero-order valence-corrected chi connectivity index (χ0v) is 53.4. The highest BCUT2D eigenvalue weighted by atomic mass is 19.1. The normalized spacial score (nSPS) is 17.5. The van der Waals surface area contributed by atoms with E-state index < -0.39 is 0 Å². The summed E-state index contributed by atoms with van der Waals surface area (Å²) >= 11 is 0. The van der Waals surface area contributed by atoms with Crippen LogP contribution in [0, 0.1) is 17.6 Å². The van der Waals surface area contributed by atoms with Crippen LogP contribution >= 0.6 is 0 Å². The lowest BCUT2D eigenvalue weighted by molar-refractivity contribution is 0.392. The molecule has 448 valence electrons. The van der Waals surface area contributed by atoms with Gasteiger partial charge in [0.2, 0.25) is 0 Å². The number of hydrogen-bond donors (Lipinski definition) is 0. The molecule has 0 saturated carbocycles. The van der Waals surface area contributed by atoms with Crippen LogP contribution in [0.3, 0.4) is 0 Å². The topological polar surface area (TPSA) is 6.48 Å². The quantitative estimate of drug-likeness (QED) is 0.119. The number of benzene rings is 11. The molecule has 5 aliphatic rings. The molecule has 0 heterocycles. The van der Waals surface area contributed by atoms with Crippen LogP contribution in [0.4, 0.5) is 37.2 Å². The molecule has 0 fully saturated rings. The molecule has 2 unspecified atom stereocenters. The molecular formula is C88H72F2N2. The Bertz CT molecular complexity index is 4930. The minimum atomic E-state index is -0.261. The standard InChI is InChI=1S/C88H72F2N2/c1-85(2)77-15-11-9-13-69(77)73-45-39-65(51-81(73)85)91(63-35-31-61(89)32-36-63)67-41-47-75-71-43-25-57(49-79(71)87(5,6)83(75)53-67)19-17-55-21-27-59(28-22-55)60-29-23-56(24-30-60)18-20-58-26-44-72-76-48-42-68(54-84(76)88(7,8)80(72)50-58)92(64-37-33-62(90)34-38-64)66-40-46-74-70-14-10-12-16-78(70)86(3,4)82(74)52-66/h9-54,73,81H,1-8H3/b19-17+,20-18+. The summed E-state index contributed by atoms with van der Waals surface area (Å²) in [4.78, 5) is 4.59. The van der Waals surface area contributed by atoms with Crippen LogP contribution in [-0.2, 0) is 21.7 Å². The third-order valence-electron chi connectivity index (χ3n) is 21.3. The molecule has 2 nitrogen and oxygen atoms in total. The lowest BCUT2D eigenvalue weighted by Crippen LogP contribution is -2.28. The van der Waals surface area contributed by atoms with Crippen molar-refractivity contribution in [1.29, 1.82) is 0 Å². The van der Waals surface area contributed by atoms with Crippen molar-refractivity contribution in [3.05, 3.63) is 339 Å². The lowest BCUT2D eigenvalue weighted by atomic mass is 9.74. The third kappa shape index (κ3) is 9.23. The van der Waals surface area contributed by atoms with Crippen molar-refractivity contribution in [2.45, 2.75) is 83.0 Å². The molecule has 11 aromatic rings. The number of fused-ring (bicyclic) bond motifs is 12. The van der Waals surface area contributed by atoms with Crippen molar-refractivity contribution in [3.8, 4) is 44.5 Å². The number of hydrogen-bond acceptors (Lipinski definition) is 2. The first-order valence-electron chi connectivity index (χ1n) is 32.4. The van der Waals surface area contributed by atoms with Gasteiger partial charge in [-0.3, -0.25) is 0 Å². The van der Waals surface area contributed by atoms with Gasteiger partial charge in [-0.25, -0.2) is 8.78 Å². The molecule has 0 aliphatic heterocycles. The van der Waals surface area contributed by atoms with Gasteiger partial charge in [0.1, 0.15) is 11.6 Å². The molecular weight excluding hydrogens is 1120 g/mol. The van der Waals surface area contributed by atoms with E-state index in [1.807, 2.05) is 24.3 Å². The van der Waals surface area contributed by atoms with Crippen LogP contribution in [0.25, 0.3) is 68.8 Å². The fourth-order valence-electron chi connectivity index (χ4n) is 16.2. The first-order valence-corrected chi connectivity index (χ1v) is 32.4. The molecule has 0 aromatic heterocycles. The van der Waals surface area contributed by atoms with Crippen molar-refractivity contribution >= 4 is 52.7 Å². The van der Waals surface area contributed by atoms with E-state index in [0.717, 1.165) is 56.4 Å². The van der Waals surface area contributed by atoms with Gasteiger partial charge >= 0.3 is 0 Å². The van der Waals surface area contributed by atoms with Gasteiger partial charge in [-0.15, -0.1) is 0 Å². The zero-order chi connectivity index (χ0) is 63.0. The van der Waals surface area contributed by atoms with E-state index in [9.17, 15) is 8.78 Å². The van der Waals surface area contributed by atoms with Crippen LogP contribution in [0.1, 0.15) is 128 Å². The molecule has 92 heavy (non-hydrogen) atoms. The summed E-state index contributed by atoms with van der Waals surface area (Å²) in [6.45, 7) is 18.7. The molecule has 0 saturated heterocycles. The highest BCUT2D eigenvalue weighted by Crippen LogP contribution is 2.57. The van der Waals surface area contributed by atoms with E-state index in [1.165, 1.54) is 89.0 Å². The second kappa shape index (κ2) is 21.2. The molecule has 4 heteroatoms. The molecule has 5 aliphatic carbocycles. The largest absolute Gasteiger partial charge is 0.311 e. The maximum atomic E-state index is 14.5. The Kier molecular flexibility index (Phi) is 13.2. The highest BCUT2D eigenvalue weighted by molar-refractivity contribution is 5.90. The minimum absolute atomic E-state index is 0.0371. The monoisotopic (exact) mass is 1190 g/mol. The summed E-state index contributed by atoms with van der Waals surface area (Å²) in [6, 6.07) is 83.4. The molecule has 0 N–H and O–H groups in total. The van der Waals surface area contributed by atoms with Crippen LogP contribution in [0.15, 0.2) is 261 Å². The van der Waals surface area contributed by atoms with Crippen molar-refractivity contribution in [2.24, 2.45) is 5.92 Å². The summed E-state index contributed by atoms with van der Waals surface area (Å²) in [5, 5.41) is 0. The van der Waals surface area contributed by atoms with Gasteiger partial charge in [-0.05, 0) is 214 Å². The minimum Gasteiger partial charge on any atom is -0.311 e. The molecule has 2 atom stereocenters. The van der Waals surface area contributed by atoms with Crippen molar-refractivity contribution in [2.75, 3.05) is 9.80 Å². The third-order valence-corrected chi connectivity index (χ3v) is 21.3. The van der Waals surface area contributed by atoms with Crippen LogP contribution in [-0.4, -0.2) is 0 Å². The van der Waals surface area contributed by atoms with Crippen LogP contribution < -0.4 is 9.80 Å². The van der Waals surface area contributed by atoms with E-state index in [0.29, 0.717) is 5.92 Å². The molecule has 11 aromatic carbocycles. The second-order valence-electron chi connectivity index (χ2n) is 28.1. The summed E-state index contributed by atoms with van der Waals surface area (Å²) < 4.78 is 29.0. The van der Waals surface area contributed by atoms with Crippen LogP contribution in [0.2, 0.25) is 0 Å². The number of halogens is 2. The van der Waals surface area contributed by atoms with Gasteiger partial charge < -0.3 is 9.80 Å². The van der Waals surface area contributed by atoms with E-state index >= 15 is 0 Å². The highest BCUT2D eigenvalue weighted by Gasteiger charge is 2.46. The van der Waals surface area contributed by atoms with Gasteiger partial charge in [0.05, 0.1) is 0 Å². The van der Waals surface area contributed by atoms with E-state index in [4.69, 9.17) is 0 Å². The Balaban J connectivity index is 0.600. The Morgan fingerprint density at radius 3 is 1.17 bits per heavy atom. The first-order chi connectivity index (χ1) is 44.4. The number of nitrogens with zero attached hydrogens (tertiary/aromatic N) is 2. The Morgan fingerprint density at radius 2 is 0.685 bits per heavy atom. The zero-order valence-electron chi connectivity index (χ0n) is 53.4. The summed E-state index contributed by atoms with van der Waals surface area (Å²) in [6.07, 6.45) is 16.0. The maximum absolute atomic E-state index is 14.5. The van der Waals surface area contributed by atoms with Crippen LogP contribution in [0.5, 0.6) is 0 Å². The number of allylic oxidation sites excluding steroid dienone is 3. The molecule has 0 amide bonds. The number of anilines is 5. The van der Waals surface area contributed by atoms with Gasteiger partial charge in [0, 0.05) is 56.3 Å². The summed E-state index contributed by atoms with van der Waals surface area (Å²) in [7, 11) is 0. The van der Waals surface area contributed by atoms with E-state index in [2.05, 4.69) is 296 Å². The summed E-state index contributed by atoms with van der Waals surface area (Å²) in [5.41, 5.74) is 30.6. The Labute approximate surface area is 540 Å². The van der Waals surface area contributed by atoms with E-state index in [-0.39, 0.29) is 39.2 Å². The average Bonchev–Trinajstić information content (AvgIpc) is 1.60. The predicted octanol–water partition coefficient (Wildman–Crippen LogP) is 23.6. The SMILES string of the molecule is CC1(C)c2cc(/C=C/c3ccc(-c4ccc(/C=C/c5ccc6c(c5)C(C)(C)c5cc(N(c7ccc(F)cc7)c7ccc8c(c7)C(C)(C)c7ccccc7-8)ccc5-6)cc4)cc3)ccc2-c2ccc(N(C3=CC4C(C=C3)c3ccccc3C4(C)C)c3ccc(F)cc3)cc21. The fraction of sp³-hybridized carbons (Fsp3) is 0.159. The fourth-order valence-corrected chi connectivity index (χ4v) is 16.2. The Hall–Kier alpha value is -10.2. The molecule has 0 radical (unpaired) electrons. The lowest BCUT2D eigenvalue weighted by Gasteiger charge is -2.35. The van der Waals surface area contributed by atoms with Gasteiger partial charge in [0.15, 0.2) is 0 Å². The summed E-state index contributed by atoms with van der Waals surface area (Å²) in [5.74, 6) is 0.111. The van der Waals surface area contributed by atoms with E-state index in [1.54, 1.807) is 24.3 Å². The van der Waals surface area contributed by atoms with Gasteiger partial charge in [-0.1, -0.05) is 244 Å². The first kappa shape index (κ1) is 57.0. The predicted molar refractivity (Wildman–Crippen MR) is 381 cm³/mol. The van der Waals surface area contributed by atoms with Gasteiger partial charge in [0.25, 0.3) is 0 Å². The van der Waals surface area contributed by atoms with Crippen molar-refractivity contribution < 1.29 is 8.78 Å². The van der Waals surface area contributed by atoms with Crippen molar-refractivity contribution in [3.63, 3.8) is 0 Å². The van der Waals surface area contributed by atoms with Gasteiger partial charge in [-0.2, -0.15) is 0 Å². The average molecular weight is 1200 g/mol. The smallest absolute Gasteiger partial charge is 0.123 e. The molecule has 0 bridgehead atoms. The Morgan fingerprint density at radius 1 is 0.326 bits per heavy atom. The molecule has 0 spiro atoms. The van der Waals surface area contributed by atoms with Crippen molar-refractivity contribution in [1.82, 2.24) is 0 Å². The molecule has 16 rings (SSSR count). The second-order valence-corrected chi connectivity index (χ2v) is 28.1. The maximum Gasteiger partial charge on any atom is 0.123 e.